The van der Waals surface area contributed by atoms with E-state index in [0.29, 0.717) is 18.8 Å². The molecule has 1 aliphatic heterocycles. The summed E-state index contributed by atoms with van der Waals surface area (Å²) in [6, 6.07) is 4.00. The molecule has 114 valence electrons. The van der Waals surface area contributed by atoms with E-state index < -0.39 is 0 Å². The first kappa shape index (κ1) is 14.3. The van der Waals surface area contributed by atoms with Crippen LogP contribution in [0.15, 0.2) is 18.3 Å². The Morgan fingerprint density at radius 1 is 1.52 bits per heavy atom. The van der Waals surface area contributed by atoms with Crippen molar-refractivity contribution in [3.63, 3.8) is 0 Å². The standard InChI is InChI=1S/C16H23N3O2/c1-2-7-17-12-6-8-18-13(11-12)16(20)19-9-10-21-15-5-3-4-14(15)19/h6,8,11,14-15H,2-5,7,9-10H2,1H3,(H,17,18). The Balaban J connectivity index is 1.74. The molecule has 2 heterocycles. The van der Waals surface area contributed by atoms with Crippen molar-refractivity contribution >= 4 is 11.6 Å². The molecule has 0 bridgehead atoms. The summed E-state index contributed by atoms with van der Waals surface area (Å²) in [6.45, 7) is 4.34. The molecule has 1 N–H and O–H groups in total. The van der Waals surface area contributed by atoms with Crippen molar-refractivity contribution in [2.45, 2.75) is 44.8 Å². The number of hydrogen-bond acceptors (Lipinski definition) is 4. The molecule has 0 aromatic carbocycles. The summed E-state index contributed by atoms with van der Waals surface area (Å²) < 4.78 is 5.77. The van der Waals surface area contributed by atoms with Crippen LogP contribution in [0.25, 0.3) is 0 Å². The summed E-state index contributed by atoms with van der Waals surface area (Å²) >= 11 is 0. The highest BCUT2D eigenvalue weighted by atomic mass is 16.5. The Kier molecular flexibility index (Phi) is 4.39. The number of fused-ring (bicyclic) bond motifs is 1. The van der Waals surface area contributed by atoms with Gasteiger partial charge < -0.3 is 15.0 Å². The van der Waals surface area contributed by atoms with Gasteiger partial charge >= 0.3 is 0 Å². The first-order chi connectivity index (χ1) is 10.3. The SMILES string of the molecule is CCCNc1ccnc(C(=O)N2CCOC3CCCC32)c1. The molecule has 2 atom stereocenters. The van der Waals surface area contributed by atoms with Crippen molar-refractivity contribution in [3.8, 4) is 0 Å². The molecule has 1 amide bonds. The minimum Gasteiger partial charge on any atom is -0.385 e. The Morgan fingerprint density at radius 3 is 3.29 bits per heavy atom. The zero-order valence-electron chi connectivity index (χ0n) is 12.5. The second-order valence-electron chi connectivity index (χ2n) is 5.76. The van der Waals surface area contributed by atoms with Crippen molar-refractivity contribution < 1.29 is 9.53 Å². The second kappa shape index (κ2) is 6.43. The fraction of sp³-hybridized carbons (Fsp3) is 0.625. The zero-order chi connectivity index (χ0) is 14.7. The molecule has 2 fully saturated rings. The summed E-state index contributed by atoms with van der Waals surface area (Å²) in [7, 11) is 0. The van der Waals surface area contributed by atoms with Crippen LogP contribution in [0.2, 0.25) is 0 Å². The normalized spacial score (nSPS) is 24.7. The maximum Gasteiger partial charge on any atom is 0.272 e. The Morgan fingerprint density at radius 2 is 2.43 bits per heavy atom. The number of rotatable bonds is 4. The molecule has 1 saturated carbocycles. The number of carbonyl (C=O) groups excluding carboxylic acids is 1. The summed E-state index contributed by atoms with van der Waals surface area (Å²) in [6.07, 6.45) is 6.25. The number of pyridine rings is 1. The third-order valence-corrected chi connectivity index (χ3v) is 4.30. The van der Waals surface area contributed by atoms with Gasteiger partial charge in [-0.05, 0) is 37.8 Å². The molecule has 3 rings (SSSR count). The van der Waals surface area contributed by atoms with Crippen molar-refractivity contribution in [1.29, 1.82) is 0 Å². The van der Waals surface area contributed by atoms with Gasteiger partial charge in [0.05, 0.1) is 18.8 Å². The molecule has 2 unspecified atom stereocenters. The van der Waals surface area contributed by atoms with Crippen LogP contribution in [-0.2, 0) is 4.74 Å². The smallest absolute Gasteiger partial charge is 0.272 e. The molecule has 2 aliphatic rings. The van der Waals surface area contributed by atoms with Gasteiger partial charge in [0.2, 0.25) is 0 Å². The minimum absolute atomic E-state index is 0.0374. The Bertz CT molecular complexity index is 506. The molecule has 1 aliphatic carbocycles. The molecule has 0 radical (unpaired) electrons. The highest BCUT2D eigenvalue weighted by molar-refractivity contribution is 5.93. The third-order valence-electron chi connectivity index (χ3n) is 4.30. The molecule has 0 spiro atoms. The molecular formula is C16H23N3O2. The summed E-state index contributed by atoms with van der Waals surface area (Å²) in [5, 5.41) is 3.30. The van der Waals surface area contributed by atoms with E-state index in [9.17, 15) is 4.79 Å². The van der Waals surface area contributed by atoms with Gasteiger partial charge in [-0.15, -0.1) is 0 Å². The predicted octanol–water partition coefficient (Wildman–Crippen LogP) is 2.30. The quantitative estimate of drug-likeness (QED) is 0.924. The number of hydrogen-bond donors (Lipinski definition) is 1. The number of ether oxygens (including phenoxy) is 1. The van der Waals surface area contributed by atoms with Gasteiger partial charge in [-0.1, -0.05) is 6.92 Å². The van der Waals surface area contributed by atoms with Gasteiger partial charge in [-0.3, -0.25) is 9.78 Å². The molecule has 5 nitrogen and oxygen atoms in total. The highest BCUT2D eigenvalue weighted by Gasteiger charge is 2.38. The lowest BCUT2D eigenvalue weighted by Gasteiger charge is -2.37. The average Bonchev–Trinajstić information content (AvgIpc) is 3.01. The van der Waals surface area contributed by atoms with E-state index in [0.717, 1.165) is 37.9 Å². The van der Waals surface area contributed by atoms with E-state index in [1.54, 1.807) is 6.20 Å². The van der Waals surface area contributed by atoms with Crippen molar-refractivity contribution in [2.75, 3.05) is 25.0 Å². The zero-order valence-corrected chi connectivity index (χ0v) is 12.5. The van der Waals surface area contributed by atoms with Crippen molar-refractivity contribution in [2.24, 2.45) is 0 Å². The molecule has 1 aromatic rings. The van der Waals surface area contributed by atoms with E-state index >= 15 is 0 Å². The van der Waals surface area contributed by atoms with Gasteiger partial charge in [-0.2, -0.15) is 0 Å². The number of anilines is 1. The van der Waals surface area contributed by atoms with Crippen LogP contribution in [0.3, 0.4) is 0 Å². The van der Waals surface area contributed by atoms with E-state index in [1.165, 1.54) is 0 Å². The highest BCUT2D eigenvalue weighted by Crippen LogP contribution is 2.30. The van der Waals surface area contributed by atoms with Crippen LogP contribution in [0.1, 0.15) is 43.1 Å². The molecule has 5 heteroatoms. The van der Waals surface area contributed by atoms with Crippen LogP contribution in [0.4, 0.5) is 5.69 Å². The molecular weight excluding hydrogens is 266 g/mol. The number of aromatic nitrogens is 1. The van der Waals surface area contributed by atoms with Gasteiger partial charge in [0, 0.05) is 25.0 Å². The number of amides is 1. The third kappa shape index (κ3) is 3.02. The predicted molar refractivity (Wildman–Crippen MR) is 81.4 cm³/mol. The molecule has 21 heavy (non-hydrogen) atoms. The first-order valence-electron chi connectivity index (χ1n) is 7.92. The van der Waals surface area contributed by atoms with Crippen LogP contribution < -0.4 is 5.32 Å². The van der Waals surface area contributed by atoms with Gasteiger partial charge in [0.15, 0.2) is 0 Å². The van der Waals surface area contributed by atoms with Crippen LogP contribution >= 0.6 is 0 Å². The van der Waals surface area contributed by atoms with Crippen molar-refractivity contribution in [1.82, 2.24) is 9.88 Å². The molecule has 1 aromatic heterocycles. The van der Waals surface area contributed by atoms with E-state index in [4.69, 9.17) is 4.74 Å². The van der Waals surface area contributed by atoms with E-state index in [1.807, 2.05) is 17.0 Å². The molecule has 1 saturated heterocycles. The van der Waals surface area contributed by atoms with E-state index in [2.05, 4.69) is 17.2 Å². The van der Waals surface area contributed by atoms with E-state index in [-0.39, 0.29) is 18.1 Å². The van der Waals surface area contributed by atoms with Crippen molar-refractivity contribution in [3.05, 3.63) is 24.0 Å². The maximum absolute atomic E-state index is 12.7. The fourth-order valence-corrected chi connectivity index (χ4v) is 3.25. The average molecular weight is 289 g/mol. The van der Waals surface area contributed by atoms with Crippen LogP contribution in [0.5, 0.6) is 0 Å². The lowest BCUT2D eigenvalue weighted by atomic mass is 10.1. The fourth-order valence-electron chi connectivity index (χ4n) is 3.25. The monoisotopic (exact) mass is 289 g/mol. The van der Waals surface area contributed by atoms with Crippen LogP contribution in [0, 0.1) is 0 Å². The number of nitrogens with zero attached hydrogens (tertiary/aromatic N) is 2. The van der Waals surface area contributed by atoms with Gasteiger partial charge in [-0.25, -0.2) is 0 Å². The number of nitrogens with one attached hydrogen (secondary N) is 1. The second-order valence-corrected chi connectivity index (χ2v) is 5.76. The lowest BCUT2D eigenvalue weighted by Crippen LogP contribution is -2.51. The number of morpholine rings is 1. The Hall–Kier alpha value is -1.62. The minimum atomic E-state index is 0.0374. The summed E-state index contributed by atoms with van der Waals surface area (Å²) in [4.78, 5) is 19.0. The Labute approximate surface area is 125 Å². The van der Waals surface area contributed by atoms with Crippen LogP contribution in [-0.4, -0.2) is 47.6 Å². The summed E-state index contributed by atoms with van der Waals surface area (Å²) in [5.74, 6) is 0.0374. The largest absolute Gasteiger partial charge is 0.385 e. The van der Waals surface area contributed by atoms with Gasteiger partial charge in [0.25, 0.3) is 5.91 Å². The maximum atomic E-state index is 12.7. The topological polar surface area (TPSA) is 54.5 Å². The summed E-state index contributed by atoms with van der Waals surface area (Å²) in [5.41, 5.74) is 1.50. The lowest BCUT2D eigenvalue weighted by molar-refractivity contribution is -0.0447. The first-order valence-corrected chi connectivity index (χ1v) is 7.92. The van der Waals surface area contributed by atoms with Gasteiger partial charge in [0.1, 0.15) is 5.69 Å². The number of carbonyl (C=O) groups is 1.